The zero-order valence-electron chi connectivity index (χ0n) is 15.0. The molecule has 3 rings (SSSR count). The molecule has 2 aromatic carbocycles. The Kier molecular flexibility index (Phi) is 5.38. The molecule has 0 aliphatic carbocycles. The standard InChI is InChI=1S/C20H18N4O3/c1-26-16-9-14(10-17(11-16)27-2)20(25)23-22-12-15-13-24(8-7-21)19-6-4-3-5-18(15)19/h3-6,9-13H,8H2,1-2H3,(H,23,25)/b22-12-. The number of amides is 1. The molecule has 1 amide bonds. The van der Waals surface area contributed by atoms with Gasteiger partial charge in [0.15, 0.2) is 0 Å². The number of hydrogen-bond acceptors (Lipinski definition) is 5. The van der Waals surface area contributed by atoms with Gasteiger partial charge in [-0.15, -0.1) is 0 Å². The van der Waals surface area contributed by atoms with Crippen molar-refractivity contribution in [2.75, 3.05) is 14.2 Å². The minimum Gasteiger partial charge on any atom is -0.497 e. The molecule has 1 N–H and O–H groups in total. The van der Waals surface area contributed by atoms with Crippen LogP contribution in [0.3, 0.4) is 0 Å². The van der Waals surface area contributed by atoms with Crippen molar-refractivity contribution >= 4 is 23.0 Å². The Morgan fingerprint density at radius 3 is 2.59 bits per heavy atom. The van der Waals surface area contributed by atoms with E-state index in [1.165, 1.54) is 14.2 Å². The smallest absolute Gasteiger partial charge is 0.271 e. The number of para-hydroxylation sites is 1. The van der Waals surface area contributed by atoms with Gasteiger partial charge in [-0.2, -0.15) is 10.4 Å². The number of ether oxygens (including phenoxy) is 2. The van der Waals surface area contributed by atoms with E-state index in [0.717, 1.165) is 16.5 Å². The summed E-state index contributed by atoms with van der Waals surface area (Å²) in [4.78, 5) is 12.4. The number of nitrogens with one attached hydrogen (secondary N) is 1. The molecule has 0 fully saturated rings. The number of rotatable bonds is 6. The van der Waals surface area contributed by atoms with E-state index in [-0.39, 0.29) is 12.5 Å². The molecule has 27 heavy (non-hydrogen) atoms. The second kappa shape index (κ2) is 8.06. The third-order valence-corrected chi connectivity index (χ3v) is 4.04. The quantitative estimate of drug-likeness (QED) is 0.539. The van der Waals surface area contributed by atoms with E-state index >= 15 is 0 Å². The second-order valence-electron chi connectivity index (χ2n) is 5.69. The number of benzene rings is 2. The fourth-order valence-electron chi connectivity index (χ4n) is 2.75. The van der Waals surface area contributed by atoms with E-state index in [1.54, 1.807) is 24.4 Å². The van der Waals surface area contributed by atoms with Crippen LogP contribution in [0.5, 0.6) is 11.5 Å². The van der Waals surface area contributed by atoms with Crippen molar-refractivity contribution in [1.29, 1.82) is 5.26 Å². The van der Waals surface area contributed by atoms with Crippen LogP contribution < -0.4 is 14.9 Å². The van der Waals surface area contributed by atoms with Crippen LogP contribution >= 0.6 is 0 Å². The lowest BCUT2D eigenvalue weighted by molar-refractivity contribution is 0.0954. The number of hydrazone groups is 1. The molecule has 7 heteroatoms. The maximum atomic E-state index is 12.4. The minimum atomic E-state index is -0.385. The number of carbonyl (C=O) groups excluding carboxylic acids is 1. The predicted octanol–water partition coefficient (Wildman–Crippen LogP) is 2.95. The highest BCUT2D eigenvalue weighted by atomic mass is 16.5. The van der Waals surface area contributed by atoms with Crippen LogP contribution in [-0.4, -0.2) is 30.9 Å². The monoisotopic (exact) mass is 362 g/mol. The van der Waals surface area contributed by atoms with E-state index in [0.29, 0.717) is 17.1 Å². The van der Waals surface area contributed by atoms with Crippen molar-refractivity contribution < 1.29 is 14.3 Å². The SMILES string of the molecule is COc1cc(OC)cc(C(=O)N/N=C\c2cn(CC#N)c3ccccc23)c1. The molecule has 1 heterocycles. The average Bonchev–Trinajstić information content (AvgIpc) is 3.05. The van der Waals surface area contributed by atoms with Crippen molar-refractivity contribution in [1.82, 2.24) is 9.99 Å². The predicted molar refractivity (Wildman–Crippen MR) is 102 cm³/mol. The second-order valence-corrected chi connectivity index (χ2v) is 5.69. The fraction of sp³-hybridized carbons (Fsp3) is 0.150. The van der Waals surface area contributed by atoms with Crippen molar-refractivity contribution in [2.45, 2.75) is 6.54 Å². The first-order valence-electron chi connectivity index (χ1n) is 8.17. The molecule has 0 saturated heterocycles. The summed E-state index contributed by atoms with van der Waals surface area (Å²) in [5.74, 6) is 0.648. The molecule has 1 aromatic heterocycles. The first-order valence-corrected chi connectivity index (χ1v) is 8.17. The van der Waals surface area contributed by atoms with Gasteiger partial charge in [0.1, 0.15) is 18.0 Å². The van der Waals surface area contributed by atoms with Crippen LogP contribution in [0.15, 0.2) is 53.8 Å². The molecule has 0 unspecified atom stereocenters. The van der Waals surface area contributed by atoms with Gasteiger partial charge in [-0.1, -0.05) is 18.2 Å². The lowest BCUT2D eigenvalue weighted by Gasteiger charge is -2.07. The number of hydrogen-bond donors (Lipinski definition) is 1. The van der Waals surface area contributed by atoms with Crippen LogP contribution in [0.4, 0.5) is 0 Å². The largest absolute Gasteiger partial charge is 0.497 e. The highest BCUT2D eigenvalue weighted by Gasteiger charge is 2.10. The summed E-state index contributed by atoms with van der Waals surface area (Å²) in [6.45, 7) is 0.240. The Morgan fingerprint density at radius 1 is 1.22 bits per heavy atom. The Morgan fingerprint density at radius 2 is 1.93 bits per heavy atom. The summed E-state index contributed by atoms with van der Waals surface area (Å²) >= 11 is 0. The lowest BCUT2D eigenvalue weighted by Crippen LogP contribution is -2.17. The van der Waals surface area contributed by atoms with Crippen molar-refractivity contribution in [3.63, 3.8) is 0 Å². The van der Waals surface area contributed by atoms with Gasteiger partial charge in [0.05, 0.1) is 26.5 Å². The van der Waals surface area contributed by atoms with Crippen LogP contribution in [0.1, 0.15) is 15.9 Å². The van der Waals surface area contributed by atoms with E-state index in [4.69, 9.17) is 14.7 Å². The van der Waals surface area contributed by atoms with Gasteiger partial charge in [-0.25, -0.2) is 5.43 Å². The van der Waals surface area contributed by atoms with Crippen LogP contribution in [0.2, 0.25) is 0 Å². The van der Waals surface area contributed by atoms with Gasteiger partial charge in [0, 0.05) is 34.3 Å². The third kappa shape index (κ3) is 3.90. The third-order valence-electron chi connectivity index (χ3n) is 4.04. The topological polar surface area (TPSA) is 88.6 Å². The number of nitriles is 1. The molecule has 136 valence electrons. The number of nitrogens with zero attached hydrogens (tertiary/aromatic N) is 3. The highest BCUT2D eigenvalue weighted by molar-refractivity contribution is 6.00. The molecular weight excluding hydrogens is 344 g/mol. The molecule has 0 atom stereocenters. The summed E-state index contributed by atoms with van der Waals surface area (Å²) in [6, 6.07) is 14.7. The maximum absolute atomic E-state index is 12.4. The number of fused-ring (bicyclic) bond motifs is 1. The molecule has 0 aliphatic rings. The van der Waals surface area contributed by atoms with Gasteiger partial charge < -0.3 is 14.0 Å². The Labute approximate surface area is 156 Å². The van der Waals surface area contributed by atoms with Gasteiger partial charge >= 0.3 is 0 Å². The van der Waals surface area contributed by atoms with E-state index in [1.807, 2.05) is 35.0 Å². The van der Waals surface area contributed by atoms with Gasteiger partial charge in [0.25, 0.3) is 5.91 Å². The first-order chi connectivity index (χ1) is 13.2. The zero-order chi connectivity index (χ0) is 19.2. The van der Waals surface area contributed by atoms with Crippen LogP contribution in [-0.2, 0) is 6.54 Å². The summed E-state index contributed by atoms with van der Waals surface area (Å²) in [5, 5.41) is 14.0. The van der Waals surface area contributed by atoms with E-state index in [2.05, 4.69) is 16.6 Å². The number of aromatic nitrogens is 1. The minimum absolute atomic E-state index is 0.240. The fourth-order valence-corrected chi connectivity index (χ4v) is 2.75. The summed E-state index contributed by atoms with van der Waals surface area (Å²) in [6.07, 6.45) is 3.39. The number of methoxy groups -OCH3 is 2. The van der Waals surface area contributed by atoms with Crippen molar-refractivity contribution in [3.05, 3.63) is 59.8 Å². The number of carbonyl (C=O) groups is 1. The first kappa shape index (κ1) is 18.0. The molecule has 0 aliphatic heterocycles. The van der Waals surface area contributed by atoms with Gasteiger partial charge in [0.2, 0.25) is 0 Å². The summed E-state index contributed by atoms with van der Waals surface area (Å²) in [5.41, 5.74) is 4.62. The Hall–Kier alpha value is -3.79. The molecule has 7 nitrogen and oxygen atoms in total. The molecule has 3 aromatic rings. The molecule has 0 radical (unpaired) electrons. The molecular formula is C20H18N4O3. The van der Waals surface area contributed by atoms with E-state index in [9.17, 15) is 4.79 Å². The van der Waals surface area contributed by atoms with Crippen molar-refractivity contribution in [3.8, 4) is 17.6 Å². The summed E-state index contributed by atoms with van der Waals surface area (Å²) in [7, 11) is 3.04. The zero-order valence-corrected chi connectivity index (χ0v) is 15.0. The lowest BCUT2D eigenvalue weighted by atomic mass is 10.2. The normalized spacial score (nSPS) is 10.7. The van der Waals surface area contributed by atoms with Gasteiger partial charge in [-0.3, -0.25) is 4.79 Å². The molecule has 0 saturated carbocycles. The summed E-state index contributed by atoms with van der Waals surface area (Å²) < 4.78 is 12.2. The van der Waals surface area contributed by atoms with Crippen molar-refractivity contribution in [2.24, 2.45) is 5.10 Å². The highest BCUT2D eigenvalue weighted by Crippen LogP contribution is 2.22. The van der Waals surface area contributed by atoms with Crippen LogP contribution in [0.25, 0.3) is 10.9 Å². The van der Waals surface area contributed by atoms with E-state index < -0.39 is 0 Å². The Bertz CT molecular complexity index is 1020. The molecule has 0 bridgehead atoms. The van der Waals surface area contributed by atoms with Gasteiger partial charge in [-0.05, 0) is 18.2 Å². The average molecular weight is 362 g/mol. The Balaban J connectivity index is 1.81. The maximum Gasteiger partial charge on any atom is 0.271 e. The molecule has 0 spiro atoms. The van der Waals surface area contributed by atoms with Crippen LogP contribution in [0, 0.1) is 11.3 Å².